The lowest BCUT2D eigenvalue weighted by Gasteiger charge is -2.16. The van der Waals surface area contributed by atoms with Crippen molar-refractivity contribution in [3.8, 4) is 5.75 Å². The fourth-order valence-corrected chi connectivity index (χ4v) is 5.00. The molecule has 0 unspecified atom stereocenters. The Labute approximate surface area is 179 Å². The van der Waals surface area contributed by atoms with Crippen LogP contribution in [-0.4, -0.2) is 31.6 Å². The number of carbonyl (C=O) groups is 1. The standard InChI is InChI=1S/C20H22N4O4S2/c1-4-17(14-8-10-16(28-3)11-9-14)24-30(26,27)20-23-22-19(29-20)21-18(25)15-7-5-6-13(2)12-15/h5-12,17,24H,4H2,1-3H3,(H,21,22,25)/t17-/m1/s1. The van der Waals surface area contributed by atoms with Gasteiger partial charge in [0.2, 0.25) is 9.47 Å². The lowest BCUT2D eigenvalue weighted by Crippen LogP contribution is -2.28. The number of benzene rings is 2. The van der Waals surface area contributed by atoms with Gasteiger partial charge in [-0.15, -0.1) is 10.2 Å². The van der Waals surface area contributed by atoms with E-state index in [-0.39, 0.29) is 15.4 Å². The number of hydrogen-bond donors (Lipinski definition) is 2. The Bertz CT molecular complexity index is 1130. The Morgan fingerprint density at radius 3 is 2.53 bits per heavy atom. The van der Waals surface area contributed by atoms with E-state index in [1.807, 2.05) is 32.0 Å². The Kier molecular flexibility index (Phi) is 6.80. The van der Waals surface area contributed by atoms with Crippen molar-refractivity contribution in [1.29, 1.82) is 0 Å². The van der Waals surface area contributed by atoms with Crippen LogP contribution in [-0.2, 0) is 10.0 Å². The van der Waals surface area contributed by atoms with E-state index >= 15 is 0 Å². The van der Waals surface area contributed by atoms with E-state index in [0.29, 0.717) is 17.7 Å². The summed E-state index contributed by atoms with van der Waals surface area (Å²) in [5, 5.41) is 10.2. The predicted octanol–water partition coefficient (Wildman–Crippen LogP) is 3.54. The molecule has 8 nitrogen and oxygen atoms in total. The van der Waals surface area contributed by atoms with Crippen LogP contribution in [0.2, 0.25) is 0 Å². The molecule has 0 aliphatic carbocycles. The zero-order valence-corrected chi connectivity index (χ0v) is 18.4. The number of sulfonamides is 1. The molecule has 0 spiro atoms. The molecule has 1 atom stereocenters. The van der Waals surface area contributed by atoms with Crippen LogP contribution >= 0.6 is 11.3 Å². The second-order valence-electron chi connectivity index (χ2n) is 6.55. The molecule has 0 aliphatic rings. The summed E-state index contributed by atoms with van der Waals surface area (Å²) in [5.41, 5.74) is 2.20. The highest BCUT2D eigenvalue weighted by atomic mass is 32.2. The van der Waals surface area contributed by atoms with Gasteiger partial charge in [-0.1, -0.05) is 48.1 Å². The number of nitrogens with zero attached hydrogens (tertiary/aromatic N) is 2. The van der Waals surface area contributed by atoms with Gasteiger partial charge in [0.25, 0.3) is 15.9 Å². The Hall–Kier alpha value is -2.82. The molecule has 0 bridgehead atoms. The first-order chi connectivity index (χ1) is 14.3. The molecule has 0 radical (unpaired) electrons. The van der Waals surface area contributed by atoms with Crippen molar-refractivity contribution in [1.82, 2.24) is 14.9 Å². The third kappa shape index (κ3) is 5.21. The largest absolute Gasteiger partial charge is 0.497 e. The van der Waals surface area contributed by atoms with E-state index < -0.39 is 16.1 Å². The molecule has 0 saturated heterocycles. The van der Waals surface area contributed by atoms with E-state index in [2.05, 4.69) is 20.2 Å². The van der Waals surface area contributed by atoms with Crippen LogP contribution < -0.4 is 14.8 Å². The van der Waals surface area contributed by atoms with Crippen molar-refractivity contribution in [2.24, 2.45) is 0 Å². The molecule has 1 aromatic heterocycles. The Morgan fingerprint density at radius 1 is 1.17 bits per heavy atom. The molecule has 2 N–H and O–H groups in total. The summed E-state index contributed by atoms with van der Waals surface area (Å²) in [6.07, 6.45) is 0.543. The molecule has 30 heavy (non-hydrogen) atoms. The number of aryl methyl sites for hydroxylation is 1. The SMILES string of the molecule is CC[C@@H](NS(=O)(=O)c1nnc(NC(=O)c2cccc(C)c2)s1)c1ccc(OC)cc1. The highest BCUT2D eigenvalue weighted by Crippen LogP contribution is 2.25. The fourth-order valence-electron chi connectivity index (χ4n) is 2.79. The number of anilines is 1. The Balaban J connectivity index is 1.73. The lowest BCUT2D eigenvalue weighted by atomic mass is 10.1. The molecular formula is C20H22N4O4S2. The van der Waals surface area contributed by atoms with Gasteiger partial charge >= 0.3 is 0 Å². The second-order valence-corrected chi connectivity index (χ2v) is 9.42. The number of carbonyl (C=O) groups excluding carboxylic acids is 1. The molecule has 3 aromatic rings. The van der Waals surface area contributed by atoms with Crippen molar-refractivity contribution in [3.05, 3.63) is 65.2 Å². The maximum Gasteiger partial charge on any atom is 0.270 e. The van der Waals surface area contributed by atoms with Crippen molar-refractivity contribution in [2.75, 3.05) is 12.4 Å². The summed E-state index contributed by atoms with van der Waals surface area (Å²) < 4.78 is 33.1. The van der Waals surface area contributed by atoms with E-state index in [0.717, 1.165) is 22.5 Å². The smallest absolute Gasteiger partial charge is 0.270 e. The van der Waals surface area contributed by atoms with E-state index in [1.165, 1.54) is 0 Å². The molecule has 0 saturated carbocycles. The molecule has 2 aromatic carbocycles. The van der Waals surface area contributed by atoms with Crippen LogP contribution in [0.5, 0.6) is 5.75 Å². The van der Waals surface area contributed by atoms with Crippen molar-refractivity contribution in [2.45, 2.75) is 30.6 Å². The van der Waals surface area contributed by atoms with E-state index in [9.17, 15) is 13.2 Å². The summed E-state index contributed by atoms with van der Waals surface area (Å²) in [6.45, 7) is 3.76. The first kappa shape index (κ1) is 21.9. The molecular weight excluding hydrogens is 424 g/mol. The lowest BCUT2D eigenvalue weighted by molar-refractivity contribution is 0.102. The number of aromatic nitrogens is 2. The number of amides is 1. The number of ether oxygens (including phenoxy) is 1. The predicted molar refractivity (Wildman–Crippen MR) is 115 cm³/mol. The van der Waals surface area contributed by atoms with Crippen molar-refractivity contribution < 1.29 is 17.9 Å². The van der Waals surface area contributed by atoms with Crippen molar-refractivity contribution in [3.63, 3.8) is 0 Å². The first-order valence-electron chi connectivity index (χ1n) is 9.20. The second kappa shape index (κ2) is 9.33. The zero-order valence-electron chi connectivity index (χ0n) is 16.7. The summed E-state index contributed by atoms with van der Waals surface area (Å²) in [5.74, 6) is 0.311. The highest BCUT2D eigenvalue weighted by Gasteiger charge is 2.25. The summed E-state index contributed by atoms with van der Waals surface area (Å²) in [4.78, 5) is 12.3. The average Bonchev–Trinajstić information content (AvgIpc) is 3.21. The van der Waals surface area contributed by atoms with Crippen LogP contribution in [0.25, 0.3) is 0 Å². The van der Waals surface area contributed by atoms with Crippen LogP contribution in [0.3, 0.4) is 0 Å². The average molecular weight is 447 g/mol. The number of hydrogen-bond acceptors (Lipinski definition) is 7. The minimum absolute atomic E-state index is 0.111. The maximum absolute atomic E-state index is 12.8. The van der Waals surface area contributed by atoms with Gasteiger partial charge in [0.15, 0.2) is 0 Å². The summed E-state index contributed by atoms with van der Waals surface area (Å²) >= 11 is 0.796. The normalized spacial score (nSPS) is 12.4. The van der Waals surface area contributed by atoms with E-state index in [1.54, 1.807) is 37.4 Å². The first-order valence-corrected chi connectivity index (χ1v) is 11.5. The van der Waals surface area contributed by atoms with E-state index in [4.69, 9.17) is 4.74 Å². The molecule has 0 aliphatic heterocycles. The molecule has 10 heteroatoms. The number of nitrogens with one attached hydrogen (secondary N) is 2. The number of methoxy groups -OCH3 is 1. The van der Waals surface area contributed by atoms with Gasteiger partial charge in [-0.2, -0.15) is 0 Å². The topological polar surface area (TPSA) is 110 Å². The Morgan fingerprint density at radius 2 is 1.90 bits per heavy atom. The summed E-state index contributed by atoms with van der Waals surface area (Å²) in [7, 11) is -2.34. The quantitative estimate of drug-likeness (QED) is 0.512. The van der Waals surface area contributed by atoms with Gasteiger partial charge in [-0.3, -0.25) is 10.1 Å². The fraction of sp³-hybridized carbons (Fsp3) is 0.250. The van der Waals surface area contributed by atoms with Gasteiger partial charge in [0, 0.05) is 11.6 Å². The van der Waals surface area contributed by atoms with Crippen LogP contribution in [0.15, 0.2) is 52.9 Å². The van der Waals surface area contributed by atoms with Gasteiger partial charge in [0.05, 0.1) is 7.11 Å². The van der Waals surface area contributed by atoms with Gasteiger partial charge in [-0.25, -0.2) is 13.1 Å². The minimum atomic E-state index is -3.91. The zero-order chi connectivity index (χ0) is 21.7. The molecule has 158 valence electrons. The van der Waals surface area contributed by atoms with Gasteiger partial charge in [0.1, 0.15) is 5.75 Å². The molecule has 0 fully saturated rings. The third-order valence-corrected chi connectivity index (χ3v) is 7.04. The summed E-state index contributed by atoms with van der Waals surface area (Å²) in [6, 6.07) is 13.8. The van der Waals surface area contributed by atoms with Crippen molar-refractivity contribution >= 4 is 32.4 Å². The monoisotopic (exact) mass is 446 g/mol. The molecule has 1 heterocycles. The van der Waals surface area contributed by atoms with Crippen LogP contribution in [0.1, 0.15) is 40.9 Å². The van der Waals surface area contributed by atoms with Gasteiger partial charge in [-0.05, 0) is 43.2 Å². The maximum atomic E-state index is 12.8. The van der Waals surface area contributed by atoms with Crippen LogP contribution in [0.4, 0.5) is 5.13 Å². The van der Waals surface area contributed by atoms with Gasteiger partial charge < -0.3 is 4.74 Å². The third-order valence-electron chi connectivity index (χ3n) is 4.36. The molecule has 3 rings (SSSR count). The minimum Gasteiger partial charge on any atom is -0.497 e. The number of rotatable bonds is 8. The molecule has 1 amide bonds. The highest BCUT2D eigenvalue weighted by molar-refractivity contribution is 7.91. The van der Waals surface area contributed by atoms with Crippen LogP contribution in [0, 0.1) is 6.92 Å².